The molecule has 1 aromatic rings. The Kier molecular flexibility index (Phi) is 10.2. The second kappa shape index (κ2) is 11.6. The molecule has 1 aliphatic heterocycles. The molecule has 1 fully saturated rings. The van der Waals surface area contributed by atoms with Crippen molar-refractivity contribution in [3.05, 3.63) is 29.8 Å². The van der Waals surface area contributed by atoms with Crippen LogP contribution in [0, 0.1) is 0 Å². The fourth-order valence-corrected chi connectivity index (χ4v) is 3.10. The summed E-state index contributed by atoms with van der Waals surface area (Å²) in [6, 6.07) is 9.16. The van der Waals surface area contributed by atoms with Gasteiger partial charge in [0.15, 0.2) is 5.96 Å². The zero-order valence-electron chi connectivity index (χ0n) is 16.1. The lowest BCUT2D eigenvalue weighted by molar-refractivity contribution is 0.206. The maximum atomic E-state index is 4.37. The summed E-state index contributed by atoms with van der Waals surface area (Å²) in [4.78, 5) is 9.04. The second-order valence-electron chi connectivity index (χ2n) is 6.75. The Hall–Kier alpha value is -1.02. The van der Waals surface area contributed by atoms with E-state index in [1.54, 1.807) is 0 Å². The Bertz CT molecular complexity index is 507. The van der Waals surface area contributed by atoms with Gasteiger partial charge in [0, 0.05) is 52.5 Å². The minimum atomic E-state index is 0. The lowest BCUT2D eigenvalue weighted by Gasteiger charge is -2.32. The van der Waals surface area contributed by atoms with Gasteiger partial charge in [0.1, 0.15) is 0 Å². The van der Waals surface area contributed by atoms with Crippen LogP contribution in [0.5, 0.6) is 0 Å². The summed E-state index contributed by atoms with van der Waals surface area (Å²) in [5.41, 5.74) is 2.49. The molecule has 5 nitrogen and oxygen atoms in total. The van der Waals surface area contributed by atoms with Gasteiger partial charge in [0.2, 0.25) is 0 Å². The molecule has 1 heterocycles. The summed E-state index contributed by atoms with van der Waals surface area (Å²) in [6.07, 6.45) is 3.63. The van der Waals surface area contributed by atoms with Crippen LogP contribution in [0.1, 0.15) is 31.7 Å². The molecule has 0 atom stereocenters. The third-order valence-corrected chi connectivity index (χ3v) is 4.60. The SMILES string of the molecule is CCCN1CCC(NC(=NC)NCc2ccc(N(C)C)cc2)CC1.I. The Morgan fingerprint density at radius 3 is 2.36 bits per heavy atom. The maximum Gasteiger partial charge on any atom is 0.191 e. The number of nitrogens with one attached hydrogen (secondary N) is 2. The van der Waals surface area contributed by atoms with E-state index in [-0.39, 0.29) is 24.0 Å². The van der Waals surface area contributed by atoms with E-state index in [1.165, 1.54) is 50.1 Å². The molecule has 0 unspecified atom stereocenters. The van der Waals surface area contributed by atoms with Crippen LogP contribution in [0.15, 0.2) is 29.3 Å². The Morgan fingerprint density at radius 2 is 1.84 bits per heavy atom. The van der Waals surface area contributed by atoms with Crippen molar-refractivity contribution in [2.24, 2.45) is 4.99 Å². The van der Waals surface area contributed by atoms with E-state index in [2.05, 4.69) is 70.7 Å². The molecule has 0 amide bonds. The molecule has 0 radical (unpaired) electrons. The number of guanidine groups is 1. The van der Waals surface area contributed by atoms with Crippen molar-refractivity contribution in [1.29, 1.82) is 0 Å². The van der Waals surface area contributed by atoms with Crippen LogP contribution in [0.3, 0.4) is 0 Å². The molecule has 1 saturated heterocycles. The second-order valence-corrected chi connectivity index (χ2v) is 6.75. The fourth-order valence-electron chi connectivity index (χ4n) is 3.10. The number of anilines is 1. The average Bonchev–Trinajstić information content (AvgIpc) is 2.60. The van der Waals surface area contributed by atoms with Crippen LogP contribution in [0.4, 0.5) is 5.69 Å². The molecule has 0 saturated carbocycles. The number of aliphatic imine (C=N–C) groups is 1. The van der Waals surface area contributed by atoms with Gasteiger partial charge in [-0.2, -0.15) is 0 Å². The number of halogens is 1. The summed E-state index contributed by atoms with van der Waals surface area (Å²) in [7, 11) is 5.96. The van der Waals surface area contributed by atoms with Gasteiger partial charge in [-0.05, 0) is 43.5 Å². The van der Waals surface area contributed by atoms with Crippen LogP contribution in [-0.4, -0.2) is 57.7 Å². The van der Waals surface area contributed by atoms with Crippen LogP contribution in [0.25, 0.3) is 0 Å². The molecule has 0 bridgehead atoms. The molecule has 1 aromatic carbocycles. The van der Waals surface area contributed by atoms with Crippen molar-refractivity contribution in [3.63, 3.8) is 0 Å². The number of piperidine rings is 1. The standard InChI is InChI=1S/C19H33N5.HI/c1-5-12-24-13-10-17(11-14-24)22-19(20-2)21-15-16-6-8-18(9-7-16)23(3)4;/h6-9,17H,5,10-15H2,1-4H3,(H2,20,21,22);1H. The van der Waals surface area contributed by atoms with E-state index >= 15 is 0 Å². The zero-order chi connectivity index (χ0) is 17.4. The molecule has 142 valence electrons. The predicted octanol–water partition coefficient (Wildman–Crippen LogP) is 2.91. The van der Waals surface area contributed by atoms with E-state index in [1.807, 2.05) is 7.05 Å². The number of rotatable bonds is 6. The monoisotopic (exact) mass is 459 g/mol. The Labute approximate surface area is 170 Å². The molecule has 0 spiro atoms. The maximum absolute atomic E-state index is 4.37. The first-order valence-corrected chi connectivity index (χ1v) is 9.08. The van der Waals surface area contributed by atoms with E-state index in [4.69, 9.17) is 0 Å². The third-order valence-electron chi connectivity index (χ3n) is 4.60. The predicted molar refractivity (Wildman–Crippen MR) is 119 cm³/mol. The molecule has 25 heavy (non-hydrogen) atoms. The molecule has 6 heteroatoms. The van der Waals surface area contributed by atoms with E-state index < -0.39 is 0 Å². The largest absolute Gasteiger partial charge is 0.378 e. The van der Waals surface area contributed by atoms with Crippen molar-refractivity contribution in [3.8, 4) is 0 Å². The van der Waals surface area contributed by atoms with Gasteiger partial charge < -0.3 is 20.4 Å². The average molecular weight is 459 g/mol. The highest BCUT2D eigenvalue weighted by Crippen LogP contribution is 2.12. The van der Waals surface area contributed by atoms with E-state index in [0.717, 1.165) is 12.5 Å². The van der Waals surface area contributed by atoms with Gasteiger partial charge in [-0.3, -0.25) is 4.99 Å². The topological polar surface area (TPSA) is 42.9 Å². The molecule has 1 aliphatic rings. The number of benzene rings is 1. The first-order valence-electron chi connectivity index (χ1n) is 9.08. The number of hydrogen-bond donors (Lipinski definition) is 2. The van der Waals surface area contributed by atoms with Crippen LogP contribution in [-0.2, 0) is 6.54 Å². The minimum Gasteiger partial charge on any atom is -0.378 e. The number of likely N-dealkylation sites (tertiary alicyclic amines) is 1. The number of nitrogens with zero attached hydrogens (tertiary/aromatic N) is 3. The molecule has 0 aromatic heterocycles. The third kappa shape index (κ3) is 7.40. The van der Waals surface area contributed by atoms with Crippen LogP contribution < -0.4 is 15.5 Å². The molecular formula is C19H34IN5. The Morgan fingerprint density at radius 1 is 1.20 bits per heavy atom. The van der Waals surface area contributed by atoms with E-state index in [9.17, 15) is 0 Å². The van der Waals surface area contributed by atoms with Gasteiger partial charge in [-0.1, -0.05) is 19.1 Å². The first kappa shape index (κ1) is 22.0. The summed E-state index contributed by atoms with van der Waals surface area (Å²) in [5.74, 6) is 0.903. The summed E-state index contributed by atoms with van der Waals surface area (Å²) >= 11 is 0. The first-order chi connectivity index (χ1) is 11.6. The number of hydrogen-bond acceptors (Lipinski definition) is 3. The normalized spacial score (nSPS) is 16.2. The highest BCUT2D eigenvalue weighted by molar-refractivity contribution is 14.0. The zero-order valence-corrected chi connectivity index (χ0v) is 18.4. The van der Waals surface area contributed by atoms with Crippen molar-refractivity contribution in [2.75, 3.05) is 45.7 Å². The van der Waals surface area contributed by atoms with Crippen LogP contribution >= 0.6 is 24.0 Å². The van der Waals surface area contributed by atoms with Gasteiger partial charge >= 0.3 is 0 Å². The lowest BCUT2D eigenvalue weighted by atomic mass is 10.1. The quantitative estimate of drug-likeness (QED) is 0.390. The van der Waals surface area contributed by atoms with Crippen molar-refractivity contribution in [2.45, 2.75) is 38.8 Å². The van der Waals surface area contributed by atoms with Gasteiger partial charge in [0.25, 0.3) is 0 Å². The van der Waals surface area contributed by atoms with Gasteiger partial charge in [-0.15, -0.1) is 24.0 Å². The molecule has 2 N–H and O–H groups in total. The summed E-state index contributed by atoms with van der Waals surface area (Å²) in [5, 5.41) is 7.00. The van der Waals surface area contributed by atoms with Crippen molar-refractivity contribution >= 4 is 35.6 Å². The highest BCUT2D eigenvalue weighted by atomic mass is 127. The fraction of sp³-hybridized carbons (Fsp3) is 0.632. The smallest absolute Gasteiger partial charge is 0.191 e. The summed E-state index contributed by atoms with van der Waals surface area (Å²) in [6.45, 7) is 6.65. The van der Waals surface area contributed by atoms with Crippen molar-refractivity contribution in [1.82, 2.24) is 15.5 Å². The van der Waals surface area contributed by atoms with Crippen molar-refractivity contribution < 1.29 is 0 Å². The highest BCUT2D eigenvalue weighted by Gasteiger charge is 2.19. The van der Waals surface area contributed by atoms with E-state index in [0.29, 0.717) is 6.04 Å². The van der Waals surface area contributed by atoms with Crippen LogP contribution in [0.2, 0.25) is 0 Å². The lowest BCUT2D eigenvalue weighted by Crippen LogP contribution is -2.48. The Balaban J connectivity index is 0.00000312. The molecular weight excluding hydrogens is 425 g/mol. The van der Waals surface area contributed by atoms with Gasteiger partial charge in [0.05, 0.1) is 0 Å². The summed E-state index contributed by atoms with van der Waals surface area (Å²) < 4.78 is 0. The molecule has 2 rings (SSSR count). The molecule has 0 aliphatic carbocycles. The van der Waals surface area contributed by atoms with Gasteiger partial charge in [-0.25, -0.2) is 0 Å². The minimum absolute atomic E-state index is 0.